The molecule has 1 heterocycles. The van der Waals surface area contributed by atoms with Gasteiger partial charge in [0.2, 0.25) is 0 Å². The summed E-state index contributed by atoms with van der Waals surface area (Å²) in [6, 6.07) is 1.47. The molecule has 18 heavy (non-hydrogen) atoms. The summed E-state index contributed by atoms with van der Waals surface area (Å²) >= 11 is 0. The van der Waals surface area contributed by atoms with Gasteiger partial charge in [0.1, 0.15) is 17.2 Å². The number of halogens is 5. The summed E-state index contributed by atoms with van der Waals surface area (Å²) in [5.41, 5.74) is -1.69. The highest BCUT2D eigenvalue weighted by atomic mass is 19.4. The zero-order valence-corrected chi connectivity index (χ0v) is 9.32. The molecular formula is C11H11F5N2. The van der Waals surface area contributed by atoms with E-state index in [0.29, 0.717) is 26.2 Å². The maximum atomic E-state index is 13.4. The molecule has 1 aliphatic heterocycles. The fourth-order valence-corrected chi connectivity index (χ4v) is 1.94. The quantitative estimate of drug-likeness (QED) is 0.785. The summed E-state index contributed by atoms with van der Waals surface area (Å²) < 4.78 is 63.9. The van der Waals surface area contributed by atoms with Crippen molar-refractivity contribution in [3.63, 3.8) is 0 Å². The first-order chi connectivity index (χ1) is 8.39. The van der Waals surface area contributed by atoms with E-state index >= 15 is 0 Å². The van der Waals surface area contributed by atoms with E-state index in [-0.39, 0.29) is 5.69 Å². The number of hydrogen-bond donors (Lipinski definition) is 1. The molecule has 1 fully saturated rings. The minimum atomic E-state index is -5.02. The topological polar surface area (TPSA) is 15.3 Å². The molecule has 1 N–H and O–H groups in total. The van der Waals surface area contributed by atoms with Gasteiger partial charge in [-0.25, -0.2) is 8.78 Å². The van der Waals surface area contributed by atoms with Crippen molar-refractivity contribution in [3.8, 4) is 0 Å². The Bertz CT molecular complexity index is 415. The Hall–Kier alpha value is -1.37. The second kappa shape index (κ2) is 4.72. The highest BCUT2D eigenvalue weighted by Crippen LogP contribution is 2.35. The molecule has 0 aromatic heterocycles. The van der Waals surface area contributed by atoms with Gasteiger partial charge in [-0.05, 0) is 12.1 Å². The van der Waals surface area contributed by atoms with Crippen molar-refractivity contribution in [3.05, 3.63) is 29.3 Å². The van der Waals surface area contributed by atoms with Gasteiger partial charge < -0.3 is 10.2 Å². The van der Waals surface area contributed by atoms with Crippen LogP contribution < -0.4 is 10.2 Å². The van der Waals surface area contributed by atoms with Crippen LogP contribution in [0.25, 0.3) is 0 Å². The Kier molecular flexibility index (Phi) is 3.43. The van der Waals surface area contributed by atoms with Crippen LogP contribution in [0.15, 0.2) is 12.1 Å². The van der Waals surface area contributed by atoms with Crippen molar-refractivity contribution in [2.75, 3.05) is 31.1 Å². The third kappa shape index (κ3) is 2.55. The van der Waals surface area contributed by atoms with Gasteiger partial charge in [0.05, 0.1) is 0 Å². The second-order valence-corrected chi connectivity index (χ2v) is 4.02. The number of piperazine rings is 1. The smallest absolute Gasteiger partial charge is 0.369 e. The van der Waals surface area contributed by atoms with Crippen molar-refractivity contribution in [1.29, 1.82) is 0 Å². The monoisotopic (exact) mass is 266 g/mol. The summed E-state index contributed by atoms with van der Waals surface area (Å²) in [6.07, 6.45) is -5.02. The highest BCUT2D eigenvalue weighted by Gasteiger charge is 2.38. The zero-order chi connectivity index (χ0) is 13.3. The standard InChI is InChI=1S/C11H11F5N2/c12-8-5-7(18-3-1-17-2-4-18)6-9(13)10(8)11(14,15)16/h5-6,17H,1-4H2. The van der Waals surface area contributed by atoms with Gasteiger partial charge >= 0.3 is 6.18 Å². The van der Waals surface area contributed by atoms with Crippen LogP contribution in [0, 0.1) is 11.6 Å². The molecule has 0 saturated carbocycles. The molecule has 1 aromatic carbocycles. The largest absolute Gasteiger partial charge is 0.422 e. The summed E-state index contributed by atoms with van der Waals surface area (Å²) in [6.45, 7) is 2.27. The lowest BCUT2D eigenvalue weighted by Crippen LogP contribution is -2.43. The molecule has 2 nitrogen and oxygen atoms in total. The Morgan fingerprint density at radius 2 is 1.50 bits per heavy atom. The molecule has 1 aliphatic rings. The van der Waals surface area contributed by atoms with E-state index in [1.807, 2.05) is 0 Å². The third-order valence-corrected chi connectivity index (χ3v) is 2.79. The van der Waals surface area contributed by atoms with Gasteiger partial charge in [0, 0.05) is 31.9 Å². The first-order valence-corrected chi connectivity index (χ1v) is 5.41. The number of benzene rings is 1. The van der Waals surface area contributed by atoms with Gasteiger partial charge in [0.15, 0.2) is 0 Å². The predicted molar refractivity (Wildman–Crippen MR) is 56.4 cm³/mol. The second-order valence-electron chi connectivity index (χ2n) is 4.02. The van der Waals surface area contributed by atoms with E-state index in [9.17, 15) is 22.0 Å². The lowest BCUT2D eigenvalue weighted by Gasteiger charge is -2.29. The predicted octanol–water partition coefficient (Wildman–Crippen LogP) is 2.39. The van der Waals surface area contributed by atoms with Crippen molar-refractivity contribution in [2.45, 2.75) is 6.18 Å². The normalized spacial score (nSPS) is 17.1. The number of anilines is 1. The van der Waals surface area contributed by atoms with Gasteiger partial charge in [-0.1, -0.05) is 0 Å². The minimum absolute atomic E-state index is 0.138. The fraction of sp³-hybridized carbons (Fsp3) is 0.455. The lowest BCUT2D eigenvalue weighted by molar-refractivity contribution is -0.142. The van der Waals surface area contributed by atoms with Gasteiger partial charge in [0.25, 0.3) is 0 Å². The van der Waals surface area contributed by atoms with Crippen LogP contribution in [0.5, 0.6) is 0 Å². The van der Waals surface area contributed by atoms with E-state index in [4.69, 9.17) is 0 Å². The summed E-state index contributed by atoms with van der Waals surface area (Å²) in [7, 11) is 0. The summed E-state index contributed by atoms with van der Waals surface area (Å²) in [5, 5.41) is 3.04. The lowest BCUT2D eigenvalue weighted by atomic mass is 10.1. The number of nitrogens with zero attached hydrogens (tertiary/aromatic N) is 1. The maximum Gasteiger partial charge on any atom is 0.422 e. The average Bonchev–Trinajstić information content (AvgIpc) is 2.27. The van der Waals surface area contributed by atoms with E-state index in [2.05, 4.69) is 5.32 Å². The van der Waals surface area contributed by atoms with Crippen LogP contribution in [0.1, 0.15) is 5.56 Å². The molecule has 0 atom stereocenters. The molecule has 1 saturated heterocycles. The Balaban J connectivity index is 2.36. The molecular weight excluding hydrogens is 255 g/mol. The van der Waals surface area contributed by atoms with E-state index < -0.39 is 23.4 Å². The Morgan fingerprint density at radius 1 is 1.00 bits per heavy atom. The Morgan fingerprint density at radius 3 is 1.94 bits per heavy atom. The molecule has 2 rings (SSSR count). The van der Waals surface area contributed by atoms with Crippen LogP contribution >= 0.6 is 0 Å². The number of rotatable bonds is 1. The average molecular weight is 266 g/mol. The van der Waals surface area contributed by atoms with Gasteiger partial charge in [-0.3, -0.25) is 0 Å². The zero-order valence-electron chi connectivity index (χ0n) is 9.32. The first-order valence-electron chi connectivity index (χ1n) is 5.41. The van der Waals surface area contributed by atoms with Crippen LogP contribution in [-0.4, -0.2) is 26.2 Å². The van der Waals surface area contributed by atoms with E-state index in [1.54, 1.807) is 4.90 Å². The maximum absolute atomic E-state index is 13.4. The summed E-state index contributed by atoms with van der Waals surface area (Å²) in [4.78, 5) is 1.64. The van der Waals surface area contributed by atoms with Crippen LogP contribution in [0.2, 0.25) is 0 Å². The minimum Gasteiger partial charge on any atom is -0.369 e. The van der Waals surface area contributed by atoms with Crippen molar-refractivity contribution < 1.29 is 22.0 Å². The third-order valence-electron chi connectivity index (χ3n) is 2.79. The van der Waals surface area contributed by atoms with Crippen LogP contribution in [0.3, 0.4) is 0 Å². The number of nitrogens with one attached hydrogen (secondary N) is 1. The van der Waals surface area contributed by atoms with Crippen molar-refractivity contribution >= 4 is 5.69 Å². The number of alkyl halides is 3. The molecule has 0 unspecified atom stereocenters. The molecule has 1 aromatic rings. The van der Waals surface area contributed by atoms with Crippen LogP contribution in [-0.2, 0) is 6.18 Å². The van der Waals surface area contributed by atoms with Gasteiger partial charge in [-0.2, -0.15) is 13.2 Å². The SMILES string of the molecule is Fc1cc(N2CCNCC2)cc(F)c1C(F)(F)F. The van der Waals surface area contributed by atoms with Gasteiger partial charge in [-0.15, -0.1) is 0 Å². The van der Waals surface area contributed by atoms with Crippen LogP contribution in [0.4, 0.5) is 27.6 Å². The fourth-order valence-electron chi connectivity index (χ4n) is 1.94. The van der Waals surface area contributed by atoms with E-state index in [0.717, 1.165) is 12.1 Å². The van der Waals surface area contributed by atoms with Crippen molar-refractivity contribution in [2.24, 2.45) is 0 Å². The molecule has 7 heteroatoms. The molecule has 0 aliphatic carbocycles. The molecule has 0 bridgehead atoms. The highest BCUT2D eigenvalue weighted by molar-refractivity contribution is 5.49. The first kappa shape index (κ1) is 13.1. The Labute approximate surface area is 100 Å². The van der Waals surface area contributed by atoms with Crippen molar-refractivity contribution in [1.82, 2.24) is 5.32 Å². The molecule has 0 amide bonds. The molecule has 100 valence electrons. The summed E-state index contributed by atoms with van der Waals surface area (Å²) in [5.74, 6) is -3.15. The van der Waals surface area contributed by atoms with E-state index in [1.165, 1.54) is 0 Å². The molecule has 0 spiro atoms. The number of hydrogen-bond acceptors (Lipinski definition) is 2. The molecule has 0 radical (unpaired) electrons.